The van der Waals surface area contributed by atoms with Crippen molar-refractivity contribution in [2.24, 2.45) is 0 Å². The number of pyridine rings is 1. The molecule has 1 aromatic carbocycles. The average Bonchev–Trinajstić information content (AvgIpc) is 3.12. The SMILES string of the molecule is CCc1cc(NCc2cccc(N3CCCS3(=O)=O)c2)nc(-c2ccccn2)n1. The molecule has 0 unspecified atom stereocenters. The highest BCUT2D eigenvalue weighted by atomic mass is 32.2. The van der Waals surface area contributed by atoms with Gasteiger partial charge in [0.05, 0.1) is 11.4 Å². The first-order valence-corrected chi connectivity index (χ1v) is 11.3. The van der Waals surface area contributed by atoms with Gasteiger partial charge in [-0.05, 0) is 42.7 Å². The minimum absolute atomic E-state index is 0.215. The highest BCUT2D eigenvalue weighted by Crippen LogP contribution is 2.25. The van der Waals surface area contributed by atoms with E-state index in [2.05, 4.69) is 20.3 Å². The van der Waals surface area contributed by atoms with Crippen molar-refractivity contribution in [2.75, 3.05) is 21.9 Å². The van der Waals surface area contributed by atoms with E-state index in [-0.39, 0.29) is 5.75 Å². The molecule has 0 atom stereocenters. The van der Waals surface area contributed by atoms with Crippen molar-refractivity contribution in [3.05, 3.63) is 66.0 Å². The molecule has 29 heavy (non-hydrogen) atoms. The van der Waals surface area contributed by atoms with Crippen LogP contribution < -0.4 is 9.62 Å². The number of aromatic nitrogens is 3. The van der Waals surface area contributed by atoms with Gasteiger partial charge in [-0.3, -0.25) is 9.29 Å². The van der Waals surface area contributed by atoms with E-state index in [0.29, 0.717) is 31.0 Å². The summed E-state index contributed by atoms with van der Waals surface area (Å²) in [6.07, 6.45) is 3.18. The molecule has 1 saturated heterocycles. The molecule has 3 heterocycles. The van der Waals surface area contributed by atoms with Gasteiger partial charge in [-0.15, -0.1) is 0 Å². The van der Waals surface area contributed by atoms with Gasteiger partial charge in [0.1, 0.15) is 11.5 Å². The van der Waals surface area contributed by atoms with Crippen molar-refractivity contribution in [2.45, 2.75) is 26.3 Å². The van der Waals surface area contributed by atoms with Crippen molar-refractivity contribution < 1.29 is 8.42 Å². The zero-order valence-electron chi connectivity index (χ0n) is 16.2. The van der Waals surface area contributed by atoms with Gasteiger partial charge in [0.25, 0.3) is 0 Å². The summed E-state index contributed by atoms with van der Waals surface area (Å²) in [6.45, 7) is 3.12. The lowest BCUT2D eigenvalue weighted by atomic mass is 10.2. The van der Waals surface area contributed by atoms with Crippen LogP contribution in [0.1, 0.15) is 24.6 Å². The molecule has 7 nitrogen and oxygen atoms in total. The second kappa shape index (κ2) is 8.16. The number of hydrogen-bond acceptors (Lipinski definition) is 6. The fourth-order valence-corrected chi connectivity index (χ4v) is 4.88. The lowest BCUT2D eigenvalue weighted by molar-refractivity contribution is 0.599. The van der Waals surface area contributed by atoms with E-state index in [1.807, 2.05) is 55.5 Å². The Morgan fingerprint density at radius 3 is 2.72 bits per heavy atom. The Morgan fingerprint density at radius 1 is 1.10 bits per heavy atom. The second-order valence-electron chi connectivity index (χ2n) is 6.90. The van der Waals surface area contributed by atoms with Gasteiger partial charge >= 0.3 is 0 Å². The molecule has 1 fully saturated rings. The van der Waals surface area contributed by atoms with Crippen molar-refractivity contribution in [3.63, 3.8) is 0 Å². The molecule has 1 aliphatic heterocycles. The average molecular weight is 410 g/mol. The van der Waals surface area contributed by atoms with Gasteiger partial charge in [-0.1, -0.05) is 25.1 Å². The Balaban J connectivity index is 1.54. The summed E-state index contributed by atoms with van der Waals surface area (Å²) in [5.41, 5.74) is 3.36. The van der Waals surface area contributed by atoms with Gasteiger partial charge in [0.15, 0.2) is 5.82 Å². The van der Waals surface area contributed by atoms with Crippen LogP contribution in [0.3, 0.4) is 0 Å². The third kappa shape index (κ3) is 4.37. The third-order valence-corrected chi connectivity index (χ3v) is 6.68. The van der Waals surface area contributed by atoms with Gasteiger partial charge in [-0.2, -0.15) is 0 Å². The number of nitrogens with one attached hydrogen (secondary N) is 1. The number of hydrogen-bond donors (Lipinski definition) is 1. The maximum absolute atomic E-state index is 12.2. The van der Waals surface area contributed by atoms with Gasteiger partial charge in [0, 0.05) is 31.0 Å². The van der Waals surface area contributed by atoms with Gasteiger partial charge in [-0.25, -0.2) is 18.4 Å². The molecule has 0 aliphatic carbocycles. The van der Waals surface area contributed by atoms with Crippen LogP contribution in [-0.2, 0) is 23.0 Å². The molecule has 4 rings (SSSR count). The summed E-state index contributed by atoms with van der Waals surface area (Å²) >= 11 is 0. The fraction of sp³-hybridized carbons (Fsp3) is 0.286. The first kappa shape index (κ1) is 19.3. The summed E-state index contributed by atoms with van der Waals surface area (Å²) in [5, 5.41) is 3.34. The van der Waals surface area contributed by atoms with E-state index in [0.717, 1.165) is 29.2 Å². The Kier molecular flexibility index (Phi) is 5.44. The number of benzene rings is 1. The lowest BCUT2D eigenvalue weighted by Gasteiger charge is -2.18. The molecule has 1 aliphatic rings. The smallest absolute Gasteiger partial charge is 0.235 e. The molecule has 2 aromatic heterocycles. The van der Waals surface area contributed by atoms with E-state index in [1.165, 1.54) is 4.31 Å². The van der Waals surface area contributed by atoms with Crippen LogP contribution in [0.15, 0.2) is 54.7 Å². The molecule has 0 saturated carbocycles. The Hall–Kier alpha value is -3.00. The first-order chi connectivity index (χ1) is 14.0. The van der Waals surface area contributed by atoms with Crippen LogP contribution in [0, 0.1) is 0 Å². The molecule has 150 valence electrons. The topological polar surface area (TPSA) is 88.1 Å². The van der Waals surface area contributed by atoms with E-state index in [9.17, 15) is 8.42 Å². The molecule has 0 bridgehead atoms. The molecular formula is C21H23N5O2S. The Labute approximate surface area is 170 Å². The zero-order chi connectivity index (χ0) is 20.3. The predicted octanol–water partition coefficient (Wildman–Crippen LogP) is 3.25. The normalized spacial score (nSPS) is 15.4. The minimum Gasteiger partial charge on any atom is -0.366 e. The maximum Gasteiger partial charge on any atom is 0.235 e. The molecular weight excluding hydrogens is 386 g/mol. The number of anilines is 2. The number of rotatable bonds is 6. The van der Waals surface area contributed by atoms with Gasteiger partial charge < -0.3 is 5.32 Å². The molecule has 8 heteroatoms. The quantitative estimate of drug-likeness (QED) is 0.672. The maximum atomic E-state index is 12.2. The number of aryl methyl sites for hydroxylation is 1. The van der Waals surface area contributed by atoms with Crippen LogP contribution in [0.2, 0.25) is 0 Å². The van der Waals surface area contributed by atoms with Gasteiger partial charge in [0.2, 0.25) is 10.0 Å². The molecule has 0 radical (unpaired) electrons. The van der Waals surface area contributed by atoms with E-state index in [1.54, 1.807) is 6.20 Å². The first-order valence-electron chi connectivity index (χ1n) is 9.68. The molecule has 3 aromatic rings. The summed E-state index contributed by atoms with van der Waals surface area (Å²) in [7, 11) is -3.18. The van der Waals surface area contributed by atoms with E-state index >= 15 is 0 Å². The lowest BCUT2D eigenvalue weighted by Crippen LogP contribution is -2.25. The summed E-state index contributed by atoms with van der Waals surface area (Å²) in [4.78, 5) is 13.5. The zero-order valence-corrected chi connectivity index (χ0v) is 17.1. The molecule has 0 spiro atoms. The largest absolute Gasteiger partial charge is 0.366 e. The van der Waals surface area contributed by atoms with Crippen LogP contribution >= 0.6 is 0 Å². The van der Waals surface area contributed by atoms with Crippen LogP contribution in [0.4, 0.5) is 11.5 Å². The third-order valence-electron chi connectivity index (χ3n) is 4.81. The van der Waals surface area contributed by atoms with Crippen molar-refractivity contribution in [3.8, 4) is 11.5 Å². The standard InChI is InChI=1S/C21H23N5O2S/c1-2-17-14-20(25-21(24-17)19-9-3-4-10-22-19)23-15-16-7-5-8-18(13-16)26-11-6-12-29(26,27)28/h3-5,7-10,13-14H,2,6,11-12,15H2,1H3,(H,23,24,25). The number of nitrogens with zero attached hydrogens (tertiary/aromatic N) is 4. The summed E-state index contributed by atoms with van der Waals surface area (Å²) < 4.78 is 25.9. The Morgan fingerprint density at radius 2 is 2.00 bits per heavy atom. The van der Waals surface area contributed by atoms with Crippen molar-refractivity contribution in [1.82, 2.24) is 15.0 Å². The molecule has 0 amide bonds. The summed E-state index contributed by atoms with van der Waals surface area (Å²) in [6, 6.07) is 15.2. The van der Waals surface area contributed by atoms with Crippen LogP contribution in [0.5, 0.6) is 0 Å². The molecule has 1 N–H and O–H groups in total. The highest BCUT2D eigenvalue weighted by Gasteiger charge is 2.28. The monoisotopic (exact) mass is 409 g/mol. The summed E-state index contributed by atoms with van der Waals surface area (Å²) in [5.74, 6) is 1.52. The minimum atomic E-state index is -3.18. The van der Waals surface area contributed by atoms with Crippen molar-refractivity contribution in [1.29, 1.82) is 0 Å². The predicted molar refractivity (Wildman–Crippen MR) is 114 cm³/mol. The van der Waals surface area contributed by atoms with Crippen molar-refractivity contribution >= 4 is 21.5 Å². The second-order valence-corrected chi connectivity index (χ2v) is 8.91. The highest BCUT2D eigenvalue weighted by molar-refractivity contribution is 7.93. The fourth-order valence-electron chi connectivity index (χ4n) is 3.32. The Bertz CT molecular complexity index is 1100. The van der Waals surface area contributed by atoms with E-state index < -0.39 is 10.0 Å². The number of sulfonamides is 1. The van der Waals surface area contributed by atoms with E-state index in [4.69, 9.17) is 0 Å². The van der Waals surface area contributed by atoms with Crippen LogP contribution in [-0.4, -0.2) is 35.7 Å². The van der Waals surface area contributed by atoms with Crippen LogP contribution in [0.25, 0.3) is 11.5 Å².